The molecule has 1 aliphatic heterocycles. The molecular formula is C21H23N3O4. The van der Waals surface area contributed by atoms with Gasteiger partial charge in [-0.05, 0) is 62.4 Å². The summed E-state index contributed by atoms with van der Waals surface area (Å²) < 4.78 is 5.19. The Morgan fingerprint density at radius 3 is 2.61 bits per heavy atom. The third kappa shape index (κ3) is 3.78. The molecule has 2 N–H and O–H groups in total. The van der Waals surface area contributed by atoms with Crippen LogP contribution in [-0.4, -0.2) is 35.2 Å². The van der Waals surface area contributed by atoms with E-state index in [1.54, 1.807) is 23.1 Å². The molecule has 2 fully saturated rings. The number of hydrogen-bond donors (Lipinski definition) is 2. The maximum absolute atomic E-state index is 12.9. The Morgan fingerprint density at radius 2 is 1.89 bits per heavy atom. The number of anilines is 2. The van der Waals surface area contributed by atoms with E-state index in [1.807, 2.05) is 19.1 Å². The van der Waals surface area contributed by atoms with Crippen molar-refractivity contribution in [2.45, 2.75) is 38.6 Å². The van der Waals surface area contributed by atoms with Crippen molar-refractivity contribution in [3.05, 3.63) is 47.9 Å². The zero-order valence-corrected chi connectivity index (χ0v) is 15.7. The highest BCUT2D eigenvalue weighted by Gasteiger charge is 2.35. The van der Waals surface area contributed by atoms with E-state index < -0.39 is 6.04 Å². The number of amides is 3. The number of benzene rings is 1. The van der Waals surface area contributed by atoms with Crippen LogP contribution in [0.1, 0.15) is 41.8 Å². The summed E-state index contributed by atoms with van der Waals surface area (Å²) in [5.41, 5.74) is 2.18. The molecular weight excluding hydrogens is 358 g/mol. The Morgan fingerprint density at radius 1 is 1.07 bits per heavy atom. The van der Waals surface area contributed by atoms with Crippen molar-refractivity contribution in [2.75, 3.05) is 17.2 Å². The Balaban J connectivity index is 1.46. The fourth-order valence-corrected chi connectivity index (χ4v) is 3.46. The van der Waals surface area contributed by atoms with Crippen LogP contribution in [0.25, 0.3) is 0 Å². The van der Waals surface area contributed by atoms with Crippen molar-refractivity contribution in [2.24, 2.45) is 5.92 Å². The smallest absolute Gasteiger partial charge is 0.290 e. The van der Waals surface area contributed by atoms with Gasteiger partial charge >= 0.3 is 0 Å². The van der Waals surface area contributed by atoms with E-state index in [1.165, 1.54) is 6.26 Å². The molecule has 146 valence electrons. The van der Waals surface area contributed by atoms with Gasteiger partial charge in [0.15, 0.2) is 5.76 Å². The molecule has 3 amide bonds. The van der Waals surface area contributed by atoms with Crippen molar-refractivity contribution in [1.82, 2.24) is 4.90 Å². The van der Waals surface area contributed by atoms with Crippen molar-refractivity contribution in [1.29, 1.82) is 0 Å². The summed E-state index contributed by atoms with van der Waals surface area (Å²) in [7, 11) is 0. The third-order valence-electron chi connectivity index (χ3n) is 5.26. The van der Waals surface area contributed by atoms with Gasteiger partial charge in [0.1, 0.15) is 6.04 Å². The van der Waals surface area contributed by atoms with Gasteiger partial charge in [-0.1, -0.05) is 6.07 Å². The number of nitrogens with zero attached hydrogens (tertiary/aromatic N) is 1. The van der Waals surface area contributed by atoms with Crippen LogP contribution in [-0.2, 0) is 9.59 Å². The summed E-state index contributed by atoms with van der Waals surface area (Å²) in [5, 5.41) is 5.82. The minimum absolute atomic E-state index is 0.0205. The molecule has 7 nitrogen and oxygen atoms in total. The normalized spacial score (nSPS) is 18.8. The van der Waals surface area contributed by atoms with Crippen molar-refractivity contribution in [3.63, 3.8) is 0 Å². The second-order valence-electron chi connectivity index (χ2n) is 7.42. The topological polar surface area (TPSA) is 91.7 Å². The van der Waals surface area contributed by atoms with Gasteiger partial charge in [-0.25, -0.2) is 0 Å². The van der Waals surface area contributed by atoms with Gasteiger partial charge in [0, 0.05) is 23.8 Å². The van der Waals surface area contributed by atoms with E-state index in [0.717, 1.165) is 24.8 Å². The number of likely N-dealkylation sites (tertiary alicyclic amines) is 1. The van der Waals surface area contributed by atoms with E-state index in [0.29, 0.717) is 24.3 Å². The molecule has 0 unspecified atom stereocenters. The first-order valence-electron chi connectivity index (χ1n) is 9.60. The summed E-state index contributed by atoms with van der Waals surface area (Å²) >= 11 is 0. The molecule has 4 rings (SSSR count). The maximum Gasteiger partial charge on any atom is 0.290 e. The molecule has 1 atom stereocenters. The largest absolute Gasteiger partial charge is 0.459 e. The zero-order valence-electron chi connectivity index (χ0n) is 15.7. The average molecular weight is 381 g/mol. The van der Waals surface area contributed by atoms with Gasteiger partial charge in [0.2, 0.25) is 11.8 Å². The number of carbonyl (C=O) groups excluding carboxylic acids is 3. The lowest BCUT2D eigenvalue weighted by atomic mass is 10.1. The Kier molecular flexibility index (Phi) is 4.90. The van der Waals surface area contributed by atoms with Crippen LogP contribution in [0.4, 0.5) is 11.4 Å². The lowest BCUT2D eigenvalue weighted by Gasteiger charge is -2.23. The highest BCUT2D eigenvalue weighted by Crippen LogP contribution is 2.31. The standard InChI is InChI=1S/C21H23N3O4/c1-13-6-9-15(22-19(25)14-7-8-14)12-16(13)23-20(26)17-4-2-10-24(17)21(27)18-5-3-11-28-18/h3,5-6,9,11-12,14,17H,2,4,7-8,10H2,1H3,(H,22,25)(H,23,26)/t17-/m0/s1. The molecule has 7 heteroatoms. The molecule has 1 aromatic carbocycles. The van der Waals surface area contributed by atoms with Gasteiger partial charge < -0.3 is 20.0 Å². The number of aryl methyl sites for hydroxylation is 1. The molecule has 28 heavy (non-hydrogen) atoms. The molecule has 0 radical (unpaired) electrons. The monoisotopic (exact) mass is 381 g/mol. The zero-order chi connectivity index (χ0) is 19.7. The molecule has 1 aromatic heterocycles. The summed E-state index contributed by atoms with van der Waals surface area (Å²) in [5.74, 6) is -0.136. The third-order valence-corrected chi connectivity index (χ3v) is 5.26. The maximum atomic E-state index is 12.9. The predicted octanol–water partition coefficient (Wildman–Crippen LogP) is 3.18. The molecule has 1 saturated heterocycles. The van der Waals surface area contributed by atoms with E-state index in [9.17, 15) is 14.4 Å². The second kappa shape index (κ2) is 7.50. The van der Waals surface area contributed by atoms with Crippen LogP contribution in [0.5, 0.6) is 0 Å². The van der Waals surface area contributed by atoms with Gasteiger partial charge in [-0.3, -0.25) is 14.4 Å². The van der Waals surface area contributed by atoms with Crippen molar-refractivity contribution < 1.29 is 18.8 Å². The molecule has 2 heterocycles. The van der Waals surface area contributed by atoms with E-state index in [4.69, 9.17) is 4.42 Å². The number of nitrogens with one attached hydrogen (secondary N) is 2. The van der Waals surface area contributed by atoms with Crippen LogP contribution in [0.3, 0.4) is 0 Å². The number of rotatable bonds is 5. The Hall–Kier alpha value is -3.09. The summed E-state index contributed by atoms with van der Waals surface area (Å²) in [6.07, 6.45) is 4.69. The van der Waals surface area contributed by atoms with Gasteiger partial charge in [0.05, 0.1) is 6.26 Å². The number of carbonyl (C=O) groups is 3. The average Bonchev–Trinajstić information content (AvgIpc) is 3.19. The first-order chi connectivity index (χ1) is 13.5. The lowest BCUT2D eigenvalue weighted by Crippen LogP contribution is -2.43. The molecule has 1 aliphatic carbocycles. The SMILES string of the molecule is Cc1ccc(NC(=O)C2CC2)cc1NC(=O)[C@@H]1CCCN1C(=O)c1ccco1. The van der Waals surface area contributed by atoms with Crippen LogP contribution >= 0.6 is 0 Å². The predicted molar refractivity (Wildman–Crippen MR) is 104 cm³/mol. The molecule has 1 saturated carbocycles. The highest BCUT2D eigenvalue weighted by molar-refractivity contribution is 6.01. The first-order valence-corrected chi connectivity index (χ1v) is 9.60. The molecule has 2 aromatic rings. The number of furan rings is 1. The molecule has 0 spiro atoms. The quantitative estimate of drug-likeness (QED) is 0.832. The lowest BCUT2D eigenvalue weighted by molar-refractivity contribution is -0.120. The van der Waals surface area contributed by atoms with Crippen LogP contribution in [0, 0.1) is 12.8 Å². The molecule has 2 aliphatic rings. The highest BCUT2D eigenvalue weighted by atomic mass is 16.3. The molecule has 0 bridgehead atoms. The van der Waals surface area contributed by atoms with Gasteiger partial charge in [-0.15, -0.1) is 0 Å². The van der Waals surface area contributed by atoms with Crippen LogP contribution in [0.2, 0.25) is 0 Å². The van der Waals surface area contributed by atoms with Gasteiger partial charge in [0.25, 0.3) is 5.91 Å². The van der Waals surface area contributed by atoms with E-state index in [2.05, 4.69) is 10.6 Å². The summed E-state index contributed by atoms with van der Waals surface area (Å²) in [4.78, 5) is 39.0. The van der Waals surface area contributed by atoms with Crippen LogP contribution in [0.15, 0.2) is 41.0 Å². The first kappa shape index (κ1) is 18.3. The summed E-state index contributed by atoms with van der Waals surface area (Å²) in [6.45, 7) is 2.41. The van der Waals surface area contributed by atoms with Crippen LogP contribution < -0.4 is 10.6 Å². The Labute approximate surface area is 163 Å². The minimum atomic E-state index is -0.540. The van der Waals surface area contributed by atoms with Crippen molar-refractivity contribution >= 4 is 29.1 Å². The fraction of sp³-hybridized carbons (Fsp3) is 0.381. The van der Waals surface area contributed by atoms with Crippen molar-refractivity contribution in [3.8, 4) is 0 Å². The van der Waals surface area contributed by atoms with Gasteiger partial charge in [-0.2, -0.15) is 0 Å². The second-order valence-corrected chi connectivity index (χ2v) is 7.42. The minimum Gasteiger partial charge on any atom is -0.459 e. The fourth-order valence-electron chi connectivity index (χ4n) is 3.46. The van der Waals surface area contributed by atoms with E-state index in [-0.39, 0.29) is 29.4 Å². The Bertz CT molecular complexity index is 902. The van der Waals surface area contributed by atoms with E-state index >= 15 is 0 Å². The summed E-state index contributed by atoms with van der Waals surface area (Å²) in [6, 6.07) is 8.17. The number of hydrogen-bond acceptors (Lipinski definition) is 4.